The highest BCUT2D eigenvalue weighted by atomic mass is 16.2. The van der Waals surface area contributed by atoms with Gasteiger partial charge < -0.3 is 14.8 Å². The third-order valence-corrected chi connectivity index (χ3v) is 7.14. The second-order valence-corrected chi connectivity index (χ2v) is 9.92. The molecule has 6 rings (SSSR count). The van der Waals surface area contributed by atoms with E-state index in [2.05, 4.69) is 68.6 Å². The van der Waals surface area contributed by atoms with Crippen LogP contribution >= 0.6 is 0 Å². The number of nitrogens with zero attached hydrogens (tertiary/aromatic N) is 4. The third-order valence-electron chi connectivity index (χ3n) is 7.14. The van der Waals surface area contributed by atoms with Gasteiger partial charge in [-0.1, -0.05) is 18.2 Å². The number of amides is 1. The van der Waals surface area contributed by atoms with Gasteiger partial charge in [-0.2, -0.15) is 5.10 Å². The van der Waals surface area contributed by atoms with Crippen LogP contribution in [0.1, 0.15) is 26.3 Å². The van der Waals surface area contributed by atoms with Gasteiger partial charge in [0.05, 0.1) is 27.7 Å². The molecule has 0 aliphatic carbocycles. The summed E-state index contributed by atoms with van der Waals surface area (Å²) in [5, 5.41) is 8.76. The number of imidazole rings is 1. The quantitative estimate of drug-likeness (QED) is 0.369. The predicted molar refractivity (Wildman–Crippen MR) is 142 cm³/mol. The summed E-state index contributed by atoms with van der Waals surface area (Å²) in [7, 11) is 4.09. The summed E-state index contributed by atoms with van der Waals surface area (Å²) in [4.78, 5) is 25.2. The third kappa shape index (κ3) is 3.15. The van der Waals surface area contributed by atoms with Crippen LogP contribution < -0.4 is 9.80 Å². The van der Waals surface area contributed by atoms with Gasteiger partial charge in [0.2, 0.25) is 5.91 Å². The molecule has 0 unspecified atom stereocenters. The maximum absolute atomic E-state index is 12.9. The molecular weight excluding hydrogens is 436 g/mol. The van der Waals surface area contributed by atoms with E-state index in [4.69, 9.17) is 4.98 Å². The monoisotopic (exact) mass is 464 g/mol. The Hall–Kier alpha value is -4.13. The van der Waals surface area contributed by atoms with Gasteiger partial charge in [0.25, 0.3) is 0 Å². The molecule has 5 aromatic rings. The summed E-state index contributed by atoms with van der Waals surface area (Å²) >= 11 is 0. The second-order valence-electron chi connectivity index (χ2n) is 9.92. The molecule has 0 atom stereocenters. The maximum Gasteiger partial charge on any atom is 0.237 e. The molecule has 1 aliphatic rings. The average molecular weight is 465 g/mol. The number of carbonyl (C=O) groups is 1. The Morgan fingerprint density at radius 3 is 2.57 bits per heavy atom. The van der Waals surface area contributed by atoms with Crippen LogP contribution in [0, 0.1) is 0 Å². The first-order valence-electron chi connectivity index (χ1n) is 11.9. The summed E-state index contributed by atoms with van der Waals surface area (Å²) in [5.41, 5.74) is 8.32. The van der Waals surface area contributed by atoms with Gasteiger partial charge in [0.1, 0.15) is 5.69 Å². The fourth-order valence-electron chi connectivity index (χ4n) is 5.10. The fraction of sp³-hybridized carbons (Fsp3) is 0.250. The number of aromatic amines is 2. The van der Waals surface area contributed by atoms with Crippen LogP contribution in [-0.2, 0) is 10.2 Å². The minimum atomic E-state index is -0.556. The minimum absolute atomic E-state index is 0.132. The molecule has 1 amide bonds. The van der Waals surface area contributed by atoms with Crippen LogP contribution in [0.25, 0.3) is 44.6 Å². The number of rotatable bonds is 4. The minimum Gasteiger partial charge on any atom is -0.378 e. The predicted octanol–water partition coefficient (Wildman–Crippen LogP) is 5.48. The van der Waals surface area contributed by atoms with Gasteiger partial charge in [-0.25, -0.2) is 4.98 Å². The van der Waals surface area contributed by atoms with Gasteiger partial charge >= 0.3 is 0 Å². The molecule has 176 valence electrons. The van der Waals surface area contributed by atoms with Crippen molar-refractivity contribution in [2.45, 2.75) is 26.2 Å². The van der Waals surface area contributed by atoms with Crippen molar-refractivity contribution in [1.82, 2.24) is 20.2 Å². The van der Waals surface area contributed by atoms with Crippen LogP contribution in [-0.4, -0.2) is 46.7 Å². The summed E-state index contributed by atoms with van der Waals surface area (Å²) in [6.45, 7) is 6.62. The molecule has 2 aromatic heterocycles. The Morgan fingerprint density at radius 2 is 1.80 bits per heavy atom. The maximum atomic E-state index is 12.9. The van der Waals surface area contributed by atoms with Crippen molar-refractivity contribution in [3.63, 3.8) is 0 Å². The van der Waals surface area contributed by atoms with Crippen molar-refractivity contribution >= 4 is 39.2 Å². The van der Waals surface area contributed by atoms with Crippen molar-refractivity contribution in [2.75, 3.05) is 30.4 Å². The van der Waals surface area contributed by atoms with Crippen LogP contribution in [0.5, 0.6) is 0 Å². The Morgan fingerprint density at radius 1 is 1.00 bits per heavy atom. The number of H-pyrrole nitrogens is 2. The number of hydrogen-bond acceptors (Lipinski definition) is 4. The number of nitrogens with one attached hydrogen (secondary N) is 2. The second kappa shape index (κ2) is 7.43. The molecule has 7 heteroatoms. The van der Waals surface area contributed by atoms with Gasteiger partial charge in [0, 0.05) is 31.7 Å². The van der Waals surface area contributed by atoms with E-state index < -0.39 is 5.41 Å². The highest BCUT2D eigenvalue weighted by Crippen LogP contribution is 2.43. The normalized spacial score (nSPS) is 14.8. The largest absolute Gasteiger partial charge is 0.378 e. The first-order valence-corrected chi connectivity index (χ1v) is 11.9. The number of likely N-dealkylation sites (N-methyl/N-ethyl adjacent to an activating group) is 1. The van der Waals surface area contributed by atoms with E-state index in [-0.39, 0.29) is 5.91 Å². The average Bonchev–Trinajstić information content (AvgIpc) is 3.51. The van der Waals surface area contributed by atoms with E-state index in [1.165, 1.54) is 0 Å². The fourth-order valence-corrected chi connectivity index (χ4v) is 5.10. The molecule has 0 saturated heterocycles. The molecule has 0 spiro atoms. The Balaban J connectivity index is 1.47. The lowest BCUT2D eigenvalue weighted by Crippen LogP contribution is -2.35. The number of hydrogen-bond donors (Lipinski definition) is 2. The Labute approximate surface area is 203 Å². The summed E-state index contributed by atoms with van der Waals surface area (Å²) in [5.74, 6) is 0.841. The number of anilines is 2. The van der Waals surface area contributed by atoms with Crippen molar-refractivity contribution < 1.29 is 4.79 Å². The highest BCUT2D eigenvalue weighted by Gasteiger charge is 2.43. The van der Waals surface area contributed by atoms with E-state index in [0.29, 0.717) is 12.4 Å². The lowest BCUT2D eigenvalue weighted by atomic mass is 9.86. The van der Waals surface area contributed by atoms with Crippen LogP contribution in [0.3, 0.4) is 0 Å². The molecule has 0 saturated carbocycles. The zero-order valence-corrected chi connectivity index (χ0v) is 20.6. The Bertz CT molecular complexity index is 1620. The number of fused-ring (bicyclic) bond motifs is 3. The molecule has 0 fully saturated rings. The van der Waals surface area contributed by atoms with Gasteiger partial charge in [0.15, 0.2) is 5.82 Å². The summed E-state index contributed by atoms with van der Waals surface area (Å²) in [6, 6.07) is 18.9. The lowest BCUT2D eigenvalue weighted by Gasteiger charge is -2.18. The van der Waals surface area contributed by atoms with Gasteiger partial charge in [-0.15, -0.1) is 0 Å². The molecule has 7 nitrogen and oxygen atoms in total. The first-order chi connectivity index (χ1) is 16.8. The lowest BCUT2D eigenvalue weighted by molar-refractivity contribution is -0.122. The van der Waals surface area contributed by atoms with Crippen molar-refractivity contribution in [2.24, 2.45) is 0 Å². The number of carbonyl (C=O) groups excluding carboxylic acids is 1. The van der Waals surface area contributed by atoms with Gasteiger partial charge in [-0.05, 0) is 73.9 Å². The van der Waals surface area contributed by atoms with Crippen molar-refractivity contribution in [3.8, 4) is 22.6 Å². The molecular formula is C28H28N6O. The summed E-state index contributed by atoms with van der Waals surface area (Å²) < 4.78 is 0. The van der Waals surface area contributed by atoms with Crippen molar-refractivity contribution in [1.29, 1.82) is 0 Å². The van der Waals surface area contributed by atoms with E-state index in [1.807, 2.05) is 45.8 Å². The molecule has 1 aliphatic heterocycles. The molecule has 0 bridgehead atoms. The Kier molecular flexibility index (Phi) is 4.55. The van der Waals surface area contributed by atoms with E-state index in [9.17, 15) is 4.79 Å². The van der Waals surface area contributed by atoms with Crippen molar-refractivity contribution in [3.05, 3.63) is 60.2 Å². The number of benzene rings is 3. The highest BCUT2D eigenvalue weighted by molar-refractivity contribution is 6.09. The van der Waals surface area contributed by atoms with E-state index in [0.717, 1.165) is 55.7 Å². The van der Waals surface area contributed by atoms with E-state index >= 15 is 0 Å². The SMILES string of the molecule is CCN1C(=O)C(C)(C)c2cc3[nH]c(-c4n[nH]c5ccc(-c6cccc(N(C)C)c6)cc45)nc3cc21. The van der Waals surface area contributed by atoms with E-state index in [1.54, 1.807) is 0 Å². The standard InChI is InChI=1S/C28H28N6O/c1-6-34-24-15-23-22(14-20(24)28(2,3)27(34)35)29-26(30-23)25-19-13-17(10-11-21(19)31-32-25)16-8-7-9-18(12-16)33(4)5/h7-15H,6H2,1-5H3,(H,29,30)(H,31,32). The first kappa shape index (κ1) is 21.4. The molecule has 3 heterocycles. The number of aromatic nitrogens is 4. The molecule has 0 radical (unpaired) electrons. The molecule has 2 N–H and O–H groups in total. The topological polar surface area (TPSA) is 80.9 Å². The van der Waals surface area contributed by atoms with Crippen LogP contribution in [0.15, 0.2) is 54.6 Å². The van der Waals surface area contributed by atoms with Gasteiger partial charge in [-0.3, -0.25) is 9.89 Å². The molecule has 35 heavy (non-hydrogen) atoms. The smallest absolute Gasteiger partial charge is 0.237 e. The van der Waals surface area contributed by atoms with Crippen LogP contribution in [0.4, 0.5) is 11.4 Å². The zero-order chi connectivity index (χ0) is 24.5. The zero-order valence-electron chi connectivity index (χ0n) is 20.6. The van der Waals surface area contributed by atoms with Crippen LogP contribution in [0.2, 0.25) is 0 Å². The molecule has 3 aromatic carbocycles. The summed E-state index contributed by atoms with van der Waals surface area (Å²) in [6.07, 6.45) is 0.